The number of amides is 2. The van der Waals surface area contributed by atoms with E-state index < -0.39 is 46.0 Å². The highest BCUT2D eigenvalue weighted by Gasteiger charge is 2.74. The number of imide groups is 1. The molecule has 0 saturated carbocycles. The van der Waals surface area contributed by atoms with E-state index in [2.05, 4.69) is 0 Å². The van der Waals surface area contributed by atoms with Crippen LogP contribution < -0.4 is 9.64 Å². The van der Waals surface area contributed by atoms with E-state index in [0.717, 1.165) is 4.90 Å². The highest BCUT2D eigenvalue weighted by molar-refractivity contribution is 6.23. The highest BCUT2D eigenvalue weighted by atomic mass is 16.6. The zero-order valence-corrected chi connectivity index (χ0v) is 18.0. The van der Waals surface area contributed by atoms with Crippen molar-refractivity contribution < 1.29 is 24.0 Å². The van der Waals surface area contributed by atoms with Crippen LogP contribution >= 0.6 is 0 Å². The first-order chi connectivity index (χ1) is 16.4. The molecule has 34 heavy (non-hydrogen) atoms. The molecule has 4 aliphatic rings. The van der Waals surface area contributed by atoms with Crippen molar-refractivity contribution in [2.75, 3.05) is 4.90 Å². The summed E-state index contributed by atoms with van der Waals surface area (Å²) in [6, 6.07) is 20.1. The minimum atomic E-state index is -1.86. The summed E-state index contributed by atoms with van der Waals surface area (Å²) < 4.78 is 5.04. The van der Waals surface area contributed by atoms with Crippen molar-refractivity contribution >= 4 is 23.5 Å². The van der Waals surface area contributed by atoms with E-state index in [1.807, 2.05) is 12.1 Å². The molecule has 2 amide bonds. The molecule has 7 rings (SSSR count). The molecule has 0 unspecified atom stereocenters. The van der Waals surface area contributed by atoms with Crippen LogP contribution in [0.25, 0.3) is 0 Å². The van der Waals surface area contributed by atoms with E-state index in [1.165, 1.54) is 31.2 Å². The van der Waals surface area contributed by atoms with E-state index in [9.17, 15) is 24.5 Å². The maximum absolute atomic E-state index is 13.8. The third kappa shape index (κ3) is 2.34. The largest absolute Gasteiger partial charge is 0.427 e. The number of carbonyl (C=O) groups excluding carboxylic acids is 3. The van der Waals surface area contributed by atoms with Crippen molar-refractivity contribution in [3.63, 3.8) is 0 Å². The van der Waals surface area contributed by atoms with Gasteiger partial charge in [-0.15, -0.1) is 0 Å². The normalized spacial score (nSPS) is 26.0. The minimum Gasteiger partial charge on any atom is -0.427 e. The SMILES string of the molecule is CC(=O)Oc1ccc(N2C(=O)[C@H]3C4c5ccccc5C([N+](=O)[O-])(c5ccccc54)[C@H]3C2=O)cc1. The van der Waals surface area contributed by atoms with Crippen molar-refractivity contribution in [3.8, 4) is 5.75 Å². The molecule has 8 heteroatoms. The van der Waals surface area contributed by atoms with Gasteiger partial charge >= 0.3 is 5.97 Å². The van der Waals surface area contributed by atoms with E-state index in [-0.39, 0.29) is 11.4 Å². The monoisotopic (exact) mass is 454 g/mol. The van der Waals surface area contributed by atoms with Crippen LogP contribution in [0.5, 0.6) is 5.75 Å². The summed E-state index contributed by atoms with van der Waals surface area (Å²) in [6.45, 7) is 1.27. The fourth-order valence-electron chi connectivity index (χ4n) is 6.13. The fraction of sp³-hybridized carbons (Fsp3) is 0.192. The first-order valence-corrected chi connectivity index (χ1v) is 10.9. The number of esters is 1. The van der Waals surface area contributed by atoms with Gasteiger partial charge in [-0.25, -0.2) is 4.90 Å². The Kier molecular flexibility index (Phi) is 4.08. The third-order valence-electron chi connectivity index (χ3n) is 7.22. The molecular weight excluding hydrogens is 436 g/mol. The Morgan fingerprint density at radius 1 is 0.912 bits per heavy atom. The van der Waals surface area contributed by atoms with Gasteiger partial charge in [0.1, 0.15) is 11.7 Å². The van der Waals surface area contributed by atoms with Gasteiger partial charge in [-0.1, -0.05) is 48.5 Å². The molecule has 1 aliphatic heterocycles. The minimum absolute atomic E-state index is 0.273. The highest BCUT2D eigenvalue weighted by Crippen LogP contribution is 2.64. The van der Waals surface area contributed by atoms with Crippen LogP contribution in [0.15, 0.2) is 72.8 Å². The third-order valence-corrected chi connectivity index (χ3v) is 7.22. The molecule has 168 valence electrons. The van der Waals surface area contributed by atoms with Gasteiger partial charge in [0.2, 0.25) is 11.8 Å². The van der Waals surface area contributed by atoms with E-state index in [0.29, 0.717) is 22.3 Å². The zero-order chi connectivity index (χ0) is 23.8. The predicted molar refractivity (Wildman–Crippen MR) is 120 cm³/mol. The first kappa shape index (κ1) is 20.3. The number of anilines is 1. The molecule has 0 spiro atoms. The summed E-state index contributed by atoms with van der Waals surface area (Å²) in [5, 5.41) is 12.9. The van der Waals surface area contributed by atoms with Crippen LogP contribution in [0, 0.1) is 22.0 Å². The van der Waals surface area contributed by atoms with E-state index >= 15 is 0 Å². The van der Waals surface area contributed by atoms with Gasteiger partial charge in [-0.05, 0) is 35.4 Å². The van der Waals surface area contributed by atoms with E-state index in [4.69, 9.17) is 4.74 Å². The Bertz CT molecular complexity index is 1370. The second kappa shape index (κ2) is 6.84. The number of nitro groups is 1. The molecule has 3 aromatic rings. The van der Waals surface area contributed by atoms with Crippen LogP contribution in [0.1, 0.15) is 35.1 Å². The van der Waals surface area contributed by atoms with Gasteiger partial charge in [0, 0.05) is 28.9 Å². The molecule has 0 N–H and O–H groups in total. The van der Waals surface area contributed by atoms with Crippen molar-refractivity contribution in [2.24, 2.45) is 11.8 Å². The second-order valence-electron chi connectivity index (χ2n) is 8.78. The van der Waals surface area contributed by atoms with Crippen LogP contribution in [-0.4, -0.2) is 22.7 Å². The van der Waals surface area contributed by atoms with Crippen molar-refractivity contribution in [2.45, 2.75) is 18.4 Å². The smallest absolute Gasteiger partial charge is 0.308 e. The summed E-state index contributed by atoms with van der Waals surface area (Å²) in [4.78, 5) is 52.4. The lowest BCUT2D eigenvalue weighted by Crippen LogP contribution is -2.57. The molecule has 2 bridgehead atoms. The Hall–Kier alpha value is -4.33. The molecule has 0 radical (unpaired) electrons. The average Bonchev–Trinajstić information content (AvgIpc) is 3.10. The first-order valence-electron chi connectivity index (χ1n) is 10.9. The van der Waals surface area contributed by atoms with Crippen LogP contribution in [0.3, 0.4) is 0 Å². The Morgan fingerprint density at radius 2 is 1.47 bits per heavy atom. The summed E-state index contributed by atoms with van der Waals surface area (Å²) >= 11 is 0. The van der Waals surface area contributed by atoms with Gasteiger partial charge in [0.05, 0.1) is 11.6 Å². The van der Waals surface area contributed by atoms with E-state index in [1.54, 1.807) is 36.4 Å². The van der Waals surface area contributed by atoms with Gasteiger partial charge < -0.3 is 4.74 Å². The number of rotatable bonds is 3. The molecule has 0 aromatic heterocycles. The maximum atomic E-state index is 13.8. The quantitative estimate of drug-likeness (QED) is 0.197. The lowest BCUT2D eigenvalue weighted by Gasteiger charge is -2.48. The molecule has 1 saturated heterocycles. The molecule has 8 nitrogen and oxygen atoms in total. The van der Waals surface area contributed by atoms with Crippen LogP contribution in [-0.2, 0) is 19.9 Å². The fourth-order valence-corrected chi connectivity index (χ4v) is 6.13. The average molecular weight is 454 g/mol. The standard InChI is InChI=1S/C26H18N2O6/c1-14(29)34-16-12-10-15(11-13-16)27-24(30)22-21-17-6-2-4-8-19(17)26(28(32)33,23(22)25(27)31)20-9-5-3-7-18(20)21/h2-13,21-23H,1H3/t21?,22-,23+,26?/m0/s1. The predicted octanol–water partition coefficient (Wildman–Crippen LogP) is 3.40. The summed E-state index contributed by atoms with van der Waals surface area (Å²) in [7, 11) is 0. The topological polar surface area (TPSA) is 107 Å². The molecule has 3 aromatic carbocycles. The van der Waals surface area contributed by atoms with Gasteiger partial charge in [-0.3, -0.25) is 24.5 Å². The van der Waals surface area contributed by atoms with Gasteiger partial charge in [0.15, 0.2) is 0 Å². The molecule has 2 atom stereocenters. The Morgan fingerprint density at radius 3 is 2.00 bits per heavy atom. The number of nitrogens with zero attached hydrogens (tertiary/aromatic N) is 2. The number of ether oxygens (including phenoxy) is 1. The second-order valence-corrected chi connectivity index (χ2v) is 8.78. The lowest BCUT2D eigenvalue weighted by atomic mass is 9.51. The molecular formula is C26H18N2O6. The zero-order valence-electron chi connectivity index (χ0n) is 18.0. The Labute approximate surface area is 193 Å². The number of carbonyl (C=O) groups is 3. The lowest BCUT2D eigenvalue weighted by molar-refractivity contribution is -0.578. The van der Waals surface area contributed by atoms with Crippen molar-refractivity contribution in [1.82, 2.24) is 0 Å². The maximum Gasteiger partial charge on any atom is 0.308 e. The summed E-state index contributed by atoms with van der Waals surface area (Å²) in [5.74, 6) is -3.80. The van der Waals surface area contributed by atoms with Gasteiger partial charge in [-0.2, -0.15) is 0 Å². The van der Waals surface area contributed by atoms with Crippen LogP contribution in [0.4, 0.5) is 5.69 Å². The summed E-state index contributed by atoms with van der Waals surface area (Å²) in [6.07, 6.45) is 0. The molecule has 1 fully saturated rings. The molecule has 1 heterocycles. The van der Waals surface area contributed by atoms with Crippen LogP contribution in [0.2, 0.25) is 0 Å². The number of hydrogen-bond acceptors (Lipinski definition) is 6. The number of hydrogen-bond donors (Lipinski definition) is 0. The number of benzene rings is 3. The van der Waals surface area contributed by atoms with Crippen molar-refractivity contribution in [1.29, 1.82) is 0 Å². The van der Waals surface area contributed by atoms with Gasteiger partial charge in [0.25, 0.3) is 5.54 Å². The Balaban J connectivity index is 1.56. The summed E-state index contributed by atoms with van der Waals surface area (Å²) in [5.41, 5.74) is 0.800. The molecule has 3 aliphatic carbocycles. The van der Waals surface area contributed by atoms with Crippen molar-refractivity contribution in [3.05, 3.63) is 105 Å².